The molecule has 0 bridgehead atoms. The van der Waals surface area contributed by atoms with E-state index >= 15 is 0 Å². The van der Waals surface area contributed by atoms with Gasteiger partial charge >= 0.3 is 132 Å². The minimum absolute atomic E-state index is 0.680. The quantitative estimate of drug-likeness (QED) is 0.0561. The number of rotatable bonds is 11. The molecule has 80 heavy (non-hydrogen) atoms. The Kier molecular flexibility index (Phi) is 18.1. The summed E-state index contributed by atoms with van der Waals surface area (Å²) in [7, 11) is -42.6. The van der Waals surface area contributed by atoms with Crippen molar-refractivity contribution in [3.05, 3.63) is 204 Å². The number of halogens is 25. The molecule has 0 fully saturated rings. The van der Waals surface area contributed by atoms with Crippen LogP contribution in [0.4, 0.5) is 101 Å². The zero-order chi connectivity index (χ0) is 61.3. The van der Waals surface area contributed by atoms with Crippen molar-refractivity contribution in [2.75, 3.05) is 0 Å². The molecule has 3 aromatic carbocycles. The van der Waals surface area contributed by atoms with Gasteiger partial charge in [0.05, 0.1) is 23.3 Å². The second kappa shape index (κ2) is 21.3. The van der Waals surface area contributed by atoms with Crippen LogP contribution in [0, 0.1) is 22.7 Å². The first-order valence-electron chi connectivity index (χ1n) is 21.2. The number of pyridine rings is 4. The molecule has 0 aliphatic rings. The number of hydrogen-bond donors (Lipinski definition) is 0. The van der Waals surface area contributed by atoms with Crippen LogP contribution in [0.1, 0.15) is 38.9 Å². The molecule has 7 rings (SSSR count). The van der Waals surface area contributed by atoms with Crippen LogP contribution in [0.15, 0.2) is 165 Å². The first kappa shape index (κ1) is 68.0. The fourth-order valence-corrected chi connectivity index (χ4v) is 6.66. The topological polar surface area (TPSA) is 63.1 Å². The second-order valence-electron chi connectivity index (χ2n) is 16.8. The summed E-state index contributed by atoms with van der Waals surface area (Å²) >= 11 is 3.69. The maximum atomic E-state index is 9.87. The predicted octanol–water partition coefficient (Wildman–Crippen LogP) is 20.5. The summed E-state index contributed by atoms with van der Waals surface area (Å²) in [6, 6.07) is 44.0. The van der Waals surface area contributed by atoms with E-state index in [2.05, 4.69) is 163 Å². The molecule has 0 amide bonds. The molecule has 0 saturated carbocycles. The Morgan fingerprint density at radius 1 is 0.287 bits per heavy atom. The van der Waals surface area contributed by atoms with Crippen LogP contribution in [-0.2, 0) is 31.5 Å². The van der Waals surface area contributed by atoms with Gasteiger partial charge in [0.15, 0.2) is 75.8 Å². The molecule has 0 radical (unpaired) electrons. The normalized spacial score (nSPS) is 15.1. The van der Waals surface area contributed by atoms with Gasteiger partial charge in [0.25, 0.3) is 0 Å². The van der Waals surface area contributed by atoms with Crippen LogP contribution >= 0.6 is 47.2 Å². The van der Waals surface area contributed by atoms with Crippen LogP contribution < -0.4 is 18.3 Å². The molecule has 0 atom stereocenters. The zero-order valence-corrected chi connectivity index (χ0v) is 44.7. The molecule has 35 heteroatoms. The SMILES string of the molecule is F[P-](F)(F)(F)(F)F.F[P-](F)(F)(F)(F)F.F[P-](F)(F)(F)(F)F.F[P-](F)(F)(F)(F)F.N#Cc1ccc(C[n+]2ccc(-c3cc[n+](Cc4cc(CBr)cc(C[n+]5ccc(-c6cc[n+](Cc7ccc(C#N)cc7)cc6)cc5)c4)cc3)cc2)cc1. The third-order valence-electron chi connectivity index (χ3n) is 9.12. The van der Waals surface area contributed by atoms with Gasteiger partial charge in [-0.25, -0.2) is 18.3 Å². The van der Waals surface area contributed by atoms with E-state index in [-0.39, 0.29) is 0 Å². The summed E-state index contributed by atoms with van der Waals surface area (Å²) in [4.78, 5) is 0. The van der Waals surface area contributed by atoms with Crippen molar-refractivity contribution in [3.63, 3.8) is 0 Å². The van der Waals surface area contributed by atoms with Gasteiger partial charge in [0.2, 0.25) is 0 Å². The summed E-state index contributed by atoms with van der Waals surface area (Å²) in [6.07, 6.45) is 17.0. The van der Waals surface area contributed by atoms with Crippen molar-refractivity contribution in [1.29, 1.82) is 10.5 Å². The van der Waals surface area contributed by atoms with Gasteiger partial charge in [-0.15, -0.1) is 0 Å². The molecule has 0 unspecified atom stereocenters. The monoisotopic (exact) mass is 1320 g/mol. The molecule has 0 N–H and O–H groups in total. The average Bonchev–Trinajstić information content (AvgIpc) is 3.26. The first-order chi connectivity index (χ1) is 35.3. The number of nitrogens with zero attached hydrogens (tertiary/aromatic N) is 6. The Labute approximate surface area is 445 Å². The Balaban J connectivity index is 0.000000492. The van der Waals surface area contributed by atoms with E-state index in [9.17, 15) is 101 Å². The maximum Gasteiger partial charge on any atom is 0.173 e. The summed E-state index contributed by atoms with van der Waals surface area (Å²) < 4.78 is 246. The second-order valence-corrected chi connectivity index (χ2v) is 25.0. The number of alkyl halides is 1. The summed E-state index contributed by atoms with van der Waals surface area (Å²) in [5.41, 5.74) is 12.2. The fourth-order valence-electron chi connectivity index (χ4n) is 6.33. The van der Waals surface area contributed by atoms with E-state index in [1.54, 1.807) is 0 Å². The molecule has 0 saturated heterocycles. The van der Waals surface area contributed by atoms with Crippen molar-refractivity contribution in [2.45, 2.75) is 31.5 Å². The molecular formula is C45H37BrF24N6P4. The van der Waals surface area contributed by atoms with E-state index in [1.807, 2.05) is 48.5 Å². The van der Waals surface area contributed by atoms with E-state index in [0.29, 0.717) is 11.1 Å². The zero-order valence-electron chi connectivity index (χ0n) is 39.5. The number of hydrogen-bond acceptors (Lipinski definition) is 2. The van der Waals surface area contributed by atoms with Gasteiger partial charge < -0.3 is 0 Å². The molecule has 4 aromatic heterocycles. The van der Waals surface area contributed by atoms with Gasteiger partial charge in [0.1, 0.15) is 0 Å². The molecule has 4 heterocycles. The largest absolute Gasteiger partial charge is 0.201 e. The Bertz CT molecular complexity index is 3020. The third-order valence-corrected chi connectivity index (χ3v) is 9.77. The van der Waals surface area contributed by atoms with Gasteiger partial charge in [-0.1, -0.05) is 40.2 Å². The summed E-state index contributed by atoms with van der Waals surface area (Å²) in [6.45, 7) is 3.10. The molecule has 6 nitrogen and oxygen atoms in total. The number of aromatic nitrogens is 4. The average molecular weight is 1320 g/mol. The standard InChI is InChI=1S/C45H37BrN6.4F6P/c46-28-39-25-40(33-51-21-13-44(14-22-51)42-9-17-49(18-10-42)31-37-5-1-35(29-47)2-6-37)27-41(26-39)34-52-23-15-45(16-24-52)43-11-19-50(20-12-43)32-38-7-3-36(30-48)4-8-38;4*1-7(2,3,4,5)6/h1-27H,28,31-34H2;;;;/q+4;4*-1. The maximum absolute atomic E-state index is 10.7. The minimum Gasteiger partial charge on any atom is -0.201 e. The summed E-state index contributed by atoms with van der Waals surface area (Å²) in [5.74, 6) is 0. The van der Waals surface area contributed by atoms with Gasteiger partial charge in [-0.05, 0) is 70.3 Å². The first-order valence-corrected chi connectivity index (χ1v) is 30.5. The van der Waals surface area contributed by atoms with Crippen LogP contribution in [-0.4, -0.2) is 0 Å². The molecule has 7 aromatic rings. The summed E-state index contributed by atoms with van der Waals surface area (Å²) in [5, 5.41) is 18.9. The van der Waals surface area contributed by atoms with Crippen LogP contribution in [0.5, 0.6) is 0 Å². The van der Waals surface area contributed by atoms with Crippen molar-refractivity contribution < 1.29 is 119 Å². The number of benzene rings is 3. The Morgan fingerprint density at radius 2 is 0.463 bits per heavy atom. The number of nitriles is 2. The third kappa shape index (κ3) is 39.2. The van der Waals surface area contributed by atoms with Crippen molar-refractivity contribution in [3.8, 4) is 34.4 Å². The Morgan fingerprint density at radius 3 is 0.637 bits per heavy atom. The Hall–Kier alpha value is -6.24. The van der Waals surface area contributed by atoms with E-state index in [4.69, 9.17) is 10.5 Å². The van der Waals surface area contributed by atoms with Gasteiger partial charge in [-0.2, -0.15) is 10.5 Å². The van der Waals surface area contributed by atoms with Crippen LogP contribution in [0.2, 0.25) is 0 Å². The predicted molar refractivity (Wildman–Crippen MR) is 257 cm³/mol. The molecular weight excluding hydrogens is 1280 g/mol. The smallest absolute Gasteiger partial charge is 0.173 e. The van der Waals surface area contributed by atoms with E-state index in [1.165, 1.54) is 38.9 Å². The van der Waals surface area contributed by atoms with Gasteiger partial charge in [0, 0.05) is 76.1 Å². The van der Waals surface area contributed by atoms with Crippen molar-refractivity contribution in [1.82, 2.24) is 0 Å². The van der Waals surface area contributed by atoms with Crippen molar-refractivity contribution >= 4 is 47.2 Å². The molecule has 0 aliphatic carbocycles. The molecule has 442 valence electrons. The minimum atomic E-state index is -10.7. The van der Waals surface area contributed by atoms with Crippen LogP contribution in [0.25, 0.3) is 22.3 Å². The molecule has 0 aliphatic heterocycles. The van der Waals surface area contributed by atoms with Crippen LogP contribution in [0.3, 0.4) is 0 Å². The fraction of sp³-hybridized carbons (Fsp3) is 0.111. The van der Waals surface area contributed by atoms with E-state index < -0.39 is 31.2 Å². The van der Waals surface area contributed by atoms with Gasteiger partial charge in [-0.3, -0.25) is 0 Å². The molecule has 0 spiro atoms. The van der Waals surface area contributed by atoms with E-state index in [0.717, 1.165) is 42.6 Å². The van der Waals surface area contributed by atoms with Crippen molar-refractivity contribution in [2.24, 2.45) is 0 Å².